The Kier molecular flexibility index (Phi) is 4.54. The number of likely N-dealkylation sites (tertiary alicyclic amines) is 1. The van der Waals surface area contributed by atoms with Crippen molar-refractivity contribution >= 4 is 11.8 Å². The van der Waals surface area contributed by atoms with E-state index in [1.54, 1.807) is 4.90 Å². The minimum atomic E-state index is -0.420. The third-order valence-electron chi connectivity index (χ3n) is 2.98. The number of rotatable bonds is 0. The topological polar surface area (TPSA) is 41.9 Å². The molecular formula is C13H24N2O2. The summed E-state index contributed by atoms with van der Waals surface area (Å²) in [6, 6.07) is 0. The van der Waals surface area contributed by atoms with Gasteiger partial charge in [-0.1, -0.05) is 6.92 Å². The highest BCUT2D eigenvalue weighted by atomic mass is 16.6. The van der Waals surface area contributed by atoms with E-state index in [9.17, 15) is 4.79 Å². The second-order valence-electron chi connectivity index (χ2n) is 5.62. The SMILES string of the molecule is CN=C1CCN(C(=O)OC(C)(C)C)CCC1C. The Morgan fingerprint density at radius 3 is 2.59 bits per heavy atom. The predicted octanol–water partition coefficient (Wildman–Crippen LogP) is 2.72. The normalized spacial score (nSPS) is 24.6. The molecule has 0 spiro atoms. The van der Waals surface area contributed by atoms with Crippen LogP contribution in [0, 0.1) is 5.92 Å². The van der Waals surface area contributed by atoms with E-state index in [4.69, 9.17) is 4.74 Å². The van der Waals surface area contributed by atoms with Gasteiger partial charge in [-0.25, -0.2) is 4.79 Å². The third-order valence-corrected chi connectivity index (χ3v) is 2.98. The van der Waals surface area contributed by atoms with Gasteiger partial charge in [0.1, 0.15) is 5.60 Å². The van der Waals surface area contributed by atoms with E-state index in [1.165, 1.54) is 5.71 Å². The highest BCUT2D eigenvalue weighted by Gasteiger charge is 2.25. The summed E-state index contributed by atoms with van der Waals surface area (Å²) in [7, 11) is 1.83. The van der Waals surface area contributed by atoms with Crippen LogP contribution in [-0.2, 0) is 4.74 Å². The quantitative estimate of drug-likeness (QED) is 0.653. The Labute approximate surface area is 104 Å². The van der Waals surface area contributed by atoms with Crippen LogP contribution < -0.4 is 0 Å². The molecule has 1 amide bonds. The lowest BCUT2D eigenvalue weighted by Gasteiger charge is -2.26. The van der Waals surface area contributed by atoms with E-state index in [-0.39, 0.29) is 6.09 Å². The zero-order chi connectivity index (χ0) is 13.1. The van der Waals surface area contributed by atoms with Gasteiger partial charge in [0.25, 0.3) is 0 Å². The summed E-state index contributed by atoms with van der Waals surface area (Å²) >= 11 is 0. The van der Waals surface area contributed by atoms with Crippen LogP contribution in [0.3, 0.4) is 0 Å². The van der Waals surface area contributed by atoms with Crippen molar-refractivity contribution in [2.75, 3.05) is 20.1 Å². The Bertz CT molecular complexity index is 305. The van der Waals surface area contributed by atoms with Gasteiger partial charge in [-0.2, -0.15) is 0 Å². The Hall–Kier alpha value is -1.06. The smallest absolute Gasteiger partial charge is 0.410 e. The maximum absolute atomic E-state index is 11.9. The first-order valence-corrected chi connectivity index (χ1v) is 6.27. The molecule has 0 aromatic heterocycles. The Morgan fingerprint density at radius 1 is 1.41 bits per heavy atom. The molecule has 1 aliphatic rings. The van der Waals surface area contributed by atoms with E-state index in [0.29, 0.717) is 12.5 Å². The minimum absolute atomic E-state index is 0.206. The summed E-state index contributed by atoms with van der Waals surface area (Å²) in [5.41, 5.74) is 0.785. The van der Waals surface area contributed by atoms with Gasteiger partial charge in [0.2, 0.25) is 0 Å². The van der Waals surface area contributed by atoms with Crippen molar-refractivity contribution in [2.45, 2.75) is 46.1 Å². The van der Waals surface area contributed by atoms with Gasteiger partial charge in [-0.15, -0.1) is 0 Å². The fraction of sp³-hybridized carbons (Fsp3) is 0.846. The average Bonchev–Trinajstić information content (AvgIpc) is 2.37. The lowest BCUT2D eigenvalue weighted by molar-refractivity contribution is 0.0257. The van der Waals surface area contributed by atoms with Gasteiger partial charge < -0.3 is 9.64 Å². The van der Waals surface area contributed by atoms with Crippen LogP contribution >= 0.6 is 0 Å². The first-order chi connectivity index (χ1) is 7.83. The predicted molar refractivity (Wildman–Crippen MR) is 69.6 cm³/mol. The highest BCUT2D eigenvalue weighted by molar-refractivity contribution is 5.87. The number of ether oxygens (including phenoxy) is 1. The van der Waals surface area contributed by atoms with Crippen LogP contribution in [0.15, 0.2) is 4.99 Å². The fourth-order valence-corrected chi connectivity index (χ4v) is 1.97. The van der Waals surface area contributed by atoms with Gasteiger partial charge in [-0.05, 0) is 33.1 Å². The second kappa shape index (κ2) is 5.52. The Balaban J connectivity index is 2.60. The molecule has 1 unspecified atom stereocenters. The Morgan fingerprint density at radius 2 is 2.06 bits per heavy atom. The van der Waals surface area contributed by atoms with Crippen LogP contribution in [0.1, 0.15) is 40.5 Å². The van der Waals surface area contributed by atoms with E-state index < -0.39 is 5.60 Å². The monoisotopic (exact) mass is 240 g/mol. The van der Waals surface area contributed by atoms with Gasteiger partial charge >= 0.3 is 6.09 Å². The molecule has 17 heavy (non-hydrogen) atoms. The number of hydrogen-bond acceptors (Lipinski definition) is 3. The number of amides is 1. The van der Waals surface area contributed by atoms with E-state index in [0.717, 1.165) is 19.4 Å². The molecule has 4 heteroatoms. The fourth-order valence-electron chi connectivity index (χ4n) is 1.97. The molecule has 0 aliphatic carbocycles. The molecule has 98 valence electrons. The molecule has 1 aliphatic heterocycles. The molecule has 0 saturated carbocycles. The molecule has 4 nitrogen and oxygen atoms in total. The first kappa shape index (κ1) is 14.0. The van der Waals surface area contributed by atoms with Crippen molar-refractivity contribution in [2.24, 2.45) is 10.9 Å². The number of hydrogen-bond donors (Lipinski definition) is 0. The largest absolute Gasteiger partial charge is 0.444 e. The molecule has 0 aromatic rings. The van der Waals surface area contributed by atoms with Gasteiger partial charge in [0, 0.05) is 32.3 Å². The molecule has 0 radical (unpaired) electrons. The summed E-state index contributed by atoms with van der Waals surface area (Å²) in [5.74, 6) is 0.465. The van der Waals surface area contributed by atoms with Crippen LogP contribution in [0.2, 0.25) is 0 Å². The summed E-state index contributed by atoms with van der Waals surface area (Å²) in [5, 5.41) is 0. The third kappa shape index (κ3) is 4.36. The van der Waals surface area contributed by atoms with Gasteiger partial charge in [0.05, 0.1) is 0 Å². The molecule has 1 atom stereocenters. The van der Waals surface area contributed by atoms with E-state index in [2.05, 4.69) is 11.9 Å². The zero-order valence-electron chi connectivity index (χ0n) is 11.6. The van der Waals surface area contributed by atoms with E-state index in [1.807, 2.05) is 27.8 Å². The second-order valence-corrected chi connectivity index (χ2v) is 5.62. The summed E-state index contributed by atoms with van der Waals surface area (Å²) in [6.07, 6.45) is 1.62. The highest BCUT2D eigenvalue weighted by Crippen LogP contribution is 2.17. The lowest BCUT2D eigenvalue weighted by atomic mass is 10.0. The van der Waals surface area contributed by atoms with Crippen molar-refractivity contribution in [3.05, 3.63) is 0 Å². The molecule has 1 fully saturated rings. The summed E-state index contributed by atoms with van der Waals surface area (Å²) in [6.45, 7) is 9.32. The molecule has 1 rings (SSSR count). The van der Waals surface area contributed by atoms with Crippen molar-refractivity contribution in [3.8, 4) is 0 Å². The van der Waals surface area contributed by atoms with E-state index >= 15 is 0 Å². The summed E-state index contributed by atoms with van der Waals surface area (Å²) in [4.78, 5) is 18.0. The van der Waals surface area contributed by atoms with Crippen LogP contribution in [0.5, 0.6) is 0 Å². The molecule has 1 heterocycles. The summed E-state index contributed by atoms with van der Waals surface area (Å²) < 4.78 is 5.38. The van der Waals surface area contributed by atoms with Crippen molar-refractivity contribution in [1.29, 1.82) is 0 Å². The minimum Gasteiger partial charge on any atom is -0.444 e. The number of carbonyl (C=O) groups is 1. The molecule has 1 saturated heterocycles. The van der Waals surface area contributed by atoms with Crippen molar-refractivity contribution in [3.63, 3.8) is 0 Å². The number of nitrogens with zero attached hydrogens (tertiary/aromatic N) is 2. The zero-order valence-corrected chi connectivity index (χ0v) is 11.6. The van der Waals surface area contributed by atoms with Crippen molar-refractivity contribution < 1.29 is 9.53 Å². The van der Waals surface area contributed by atoms with Gasteiger partial charge in [0.15, 0.2) is 0 Å². The van der Waals surface area contributed by atoms with Crippen LogP contribution in [0.25, 0.3) is 0 Å². The molecule has 0 aromatic carbocycles. The molecule has 0 bridgehead atoms. The van der Waals surface area contributed by atoms with Crippen LogP contribution in [0.4, 0.5) is 4.79 Å². The maximum Gasteiger partial charge on any atom is 0.410 e. The number of carbonyl (C=O) groups excluding carboxylic acids is 1. The first-order valence-electron chi connectivity index (χ1n) is 6.27. The lowest BCUT2D eigenvalue weighted by Crippen LogP contribution is -2.37. The molecular weight excluding hydrogens is 216 g/mol. The van der Waals surface area contributed by atoms with Crippen molar-refractivity contribution in [1.82, 2.24) is 4.90 Å². The maximum atomic E-state index is 11.9. The standard InChI is InChI=1S/C13H24N2O2/c1-10-6-8-15(9-7-11(10)14-5)12(16)17-13(2,3)4/h10H,6-9H2,1-5H3. The molecule has 0 N–H and O–H groups in total. The van der Waals surface area contributed by atoms with Crippen LogP contribution in [-0.4, -0.2) is 42.4 Å². The average molecular weight is 240 g/mol. The number of aliphatic imine (C=N–C) groups is 1. The van der Waals surface area contributed by atoms with Gasteiger partial charge in [-0.3, -0.25) is 4.99 Å².